The second kappa shape index (κ2) is 5.64. The summed E-state index contributed by atoms with van der Waals surface area (Å²) in [5, 5.41) is 0.0673. The number of anilines is 1. The third-order valence-electron chi connectivity index (χ3n) is 3.13. The van der Waals surface area contributed by atoms with Crippen LogP contribution in [0.25, 0.3) is 11.1 Å². The maximum Gasteiger partial charge on any atom is 0.302 e. The monoisotopic (exact) mass is 292 g/mol. The molecule has 1 saturated heterocycles. The number of hydrogen-bond donors (Lipinski definition) is 0. The molecule has 0 atom stereocenters. The minimum absolute atomic E-state index is 0.0673. The summed E-state index contributed by atoms with van der Waals surface area (Å²) >= 11 is 6.12. The van der Waals surface area contributed by atoms with Gasteiger partial charge in [-0.15, -0.1) is 0 Å². The number of aromatic nitrogens is 1. The van der Waals surface area contributed by atoms with Gasteiger partial charge in [-0.3, -0.25) is 4.79 Å². The second-order valence-electron chi connectivity index (χ2n) is 4.42. The number of hydrogen-bond acceptors (Lipinski definition) is 5. The highest BCUT2D eigenvalue weighted by molar-refractivity contribution is 6.31. The minimum atomic E-state index is -0.381. The minimum Gasteiger partial charge on any atom is -0.412 e. The van der Waals surface area contributed by atoms with Crippen LogP contribution in [-0.2, 0) is 4.74 Å². The largest absolute Gasteiger partial charge is 0.412 e. The molecule has 0 saturated carbocycles. The Labute approximate surface area is 120 Å². The van der Waals surface area contributed by atoms with Crippen LogP contribution in [0.2, 0.25) is 5.22 Å². The third kappa shape index (κ3) is 2.55. The molecule has 0 N–H and O–H groups in total. The number of nitrogens with zero attached hydrogens (tertiary/aromatic N) is 2. The molecule has 0 unspecified atom stereocenters. The molecule has 20 heavy (non-hydrogen) atoms. The standard InChI is InChI=1S/C14H13ClN2O3/c15-12-11(10-4-2-1-3-5-10)13(18)16-14(20-12)17-6-8-19-9-7-17/h1-5H,6-9H2. The van der Waals surface area contributed by atoms with Crippen molar-refractivity contribution in [1.29, 1.82) is 0 Å². The Kier molecular flexibility index (Phi) is 3.71. The van der Waals surface area contributed by atoms with E-state index in [4.69, 9.17) is 20.8 Å². The van der Waals surface area contributed by atoms with Crippen LogP contribution in [0.1, 0.15) is 0 Å². The van der Waals surface area contributed by atoms with Crippen LogP contribution in [0.4, 0.5) is 6.01 Å². The first-order chi connectivity index (χ1) is 9.75. The molecule has 0 radical (unpaired) electrons. The molecule has 0 aliphatic carbocycles. The normalized spacial score (nSPS) is 15.3. The van der Waals surface area contributed by atoms with Gasteiger partial charge in [-0.05, 0) is 17.2 Å². The maximum absolute atomic E-state index is 12.2. The van der Waals surface area contributed by atoms with E-state index in [-0.39, 0.29) is 16.8 Å². The van der Waals surface area contributed by atoms with Gasteiger partial charge in [0.1, 0.15) is 5.56 Å². The van der Waals surface area contributed by atoms with E-state index >= 15 is 0 Å². The first-order valence-electron chi connectivity index (χ1n) is 6.34. The fraction of sp³-hybridized carbons (Fsp3) is 0.286. The Morgan fingerprint density at radius 3 is 2.50 bits per heavy atom. The summed E-state index contributed by atoms with van der Waals surface area (Å²) in [6.45, 7) is 2.45. The summed E-state index contributed by atoms with van der Waals surface area (Å²) in [4.78, 5) is 18.0. The van der Waals surface area contributed by atoms with Crippen molar-refractivity contribution in [3.05, 3.63) is 45.9 Å². The van der Waals surface area contributed by atoms with Gasteiger partial charge in [0, 0.05) is 13.1 Å². The van der Waals surface area contributed by atoms with Crippen molar-refractivity contribution in [1.82, 2.24) is 4.98 Å². The van der Waals surface area contributed by atoms with Crippen molar-refractivity contribution in [2.45, 2.75) is 0 Å². The summed E-state index contributed by atoms with van der Waals surface area (Å²) < 4.78 is 10.8. The van der Waals surface area contributed by atoms with E-state index in [2.05, 4.69) is 4.98 Å². The highest BCUT2D eigenvalue weighted by Gasteiger charge is 2.19. The highest BCUT2D eigenvalue weighted by Crippen LogP contribution is 2.26. The van der Waals surface area contributed by atoms with Crippen LogP contribution in [0.15, 0.2) is 39.5 Å². The summed E-state index contributed by atoms with van der Waals surface area (Å²) in [5.41, 5.74) is 0.616. The number of benzene rings is 1. The van der Waals surface area contributed by atoms with Gasteiger partial charge in [-0.1, -0.05) is 30.3 Å². The van der Waals surface area contributed by atoms with E-state index in [0.29, 0.717) is 37.4 Å². The van der Waals surface area contributed by atoms with Crippen molar-refractivity contribution in [2.75, 3.05) is 31.2 Å². The van der Waals surface area contributed by atoms with E-state index in [1.807, 2.05) is 23.1 Å². The van der Waals surface area contributed by atoms with E-state index in [1.54, 1.807) is 12.1 Å². The van der Waals surface area contributed by atoms with Crippen molar-refractivity contribution in [3.63, 3.8) is 0 Å². The molecule has 2 aromatic rings. The number of rotatable bonds is 2. The van der Waals surface area contributed by atoms with Crippen LogP contribution in [0.5, 0.6) is 0 Å². The van der Waals surface area contributed by atoms with Crippen molar-refractivity contribution >= 4 is 17.6 Å². The van der Waals surface area contributed by atoms with Crippen LogP contribution in [0, 0.1) is 0 Å². The Hall–Kier alpha value is -1.85. The summed E-state index contributed by atoms with van der Waals surface area (Å²) in [5.74, 6) is 0. The second-order valence-corrected chi connectivity index (χ2v) is 4.76. The maximum atomic E-state index is 12.2. The molecule has 104 valence electrons. The van der Waals surface area contributed by atoms with E-state index in [0.717, 1.165) is 0 Å². The zero-order chi connectivity index (χ0) is 13.9. The lowest BCUT2D eigenvalue weighted by Gasteiger charge is -2.26. The van der Waals surface area contributed by atoms with Crippen molar-refractivity contribution < 1.29 is 9.15 Å². The lowest BCUT2D eigenvalue weighted by molar-refractivity contribution is 0.120. The first-order valence-corrected chi connectivity index (χ1v) is 6.72. The van der Waals surface area contributed by atoms with E-state index in [1.165, 1.54) is 0 Å². The predicted octanol–water partition coefficient (Wildman–Crippen LogP) is 2.19. The fourth-order valence-electron chi connectivity index (χ4n) is 2.11. The van der Waals surface area contributed by atoms with Gasteiger partial charge in [0.2, 0.25) is 5.22 Å². The summed E-state index contributed by atoms with van der Waals surface area (Å²) in [7, 11) is 0. The molecule has 0 spiro atoms. The Morgan fingerprint density at radius 1 is 1.15 bits per heavy atom. The third-order valence-corrected chi connectivity index (χ3v) is 3.40. The molecule has 1 aliphatic heterocycles. The fourth-order valence-corrected chi connectivity index (χ4v) is 2.37. The Balaban J connectivity index is 2.01. The van der Waals surface area contributed by atoms with Gasteiger partial charge in [0.15, 0.2) is 0 Å². The van der Waals surface area contributed by atoms with Crippen molar-refractivity contribution in [2.24, 2.45) is 0 Å². The zero-order valence-corrected chi connectivity index (χ0v) is 11.5. The molecule has 1 aromatic carbocycles. The molecular weight excluding hydrogens is 280 g/mol. The molecule has 2 heterocycles. The van der Waals surface area contributed by atoms with E-state index < -0.39 is 0 Å². The Bertz CT molecular complexity index is 651. The molecule has 5 nitrogen and oxygen atoms in total. The topological polar surface area (TPSA) is 55.6 Å². The quantitative estimate of drug-likeness (QED) is 0.849. The lowest BCUT2D eigenvalue weighted by atomic mass is 10.1. The highest BCUT2D eigenvalue weighted by atomic mass is 35.5. The molecule has 0 amide bonds. The van der Waals surface area contributed by atoms with Gasteiger partial charge in [0.05, 0.1) is 13.2 Å². The predicted molar refractivity (Wildman–Crippen MR) is 76.3 cm³/mol. The molecule has 1 aliphatic rings. The zero-order valence-electron chi connectivity index (χ0n) is 10.7. The lowest BCUT2D eigenvalue weighted by Crippen LogP contribution is -2.37. The van der Waals surface area contributed by atoms with Gasteiger partial charge in [-0.2, -0.15) is 4.98 Å². The molecule has 1 aromatic heterocycles. The molecule has 1 fully saturated rings. The van der Waals surface area contributed by atoms with Gasteiger partial charge in [0.25, 0.3) is 5.56 Å². The van der Waals surface area contributed by atoms with Crippen LogP contribution < -0.4 is 10.5 Å². The average Bonchev–Trinajstić information content (AvgIpc) is 2.48. The van der Waals surface area contributed by atoms with Crippen LogP contribution in [-0.4, -0.2) is 31.3 Å². The average molecular weight is 293 g/mol. The summed E-state index contributed by atoms with van der Waals surface area (Å²) in [6, 6.07) is 9.39. The first kappa shape index (κ1) is 13.1. The SMILES string of the molecule is O=c1nc(N2CCOCC2)oc(Cl)c1-c1ccccc1. The Morgan fingerprint density at radius 2 is 1.85 bits per heavy atom. The summed E-state index contributed by atoms with van der Waals surface area (Å²) in [6.07, 6.45) is 0. The van der Waals surface area contributed by atoms with Gasteiger partial charge < -0.3 is 14.1 Å². The van der Waals surface area contributed by atoms with E-state index in [9.17, 15) is 4.79 Å². The molecular formula is C14H13ClN2O3. The molecule has 6 heteroatoms. The molecule has 3 rings (SSSR count). The van der Waals surface area contributed by atoms with Gasteiger partial charge in [-0.25, -0.2) is 0 Å². The van der Waals surface area contributed by atoms with Crippen LogP contribution in [0.3, 0.4) is 0 Å². The van der Waals surface area contributed by atoms with Gasteiger partial charge >= 0.3 is 6.01 Å². The number of ether oxygens (including phenoxy) is 1. The number of halogens is 1. The number of morpholine rings is 1. The molecule has 0 bridgehead atoms. The van der Waals surface area contributed by atoms with Crippen LogP contribution >= 0.6 is 11.6 Å². The van der Waals surface area contributed by atoms with Crippen molar-refractivity contribution in [3.8, 4) is 11.1 Å². The smallest absolute Gasteiger partial charge is 0.302 e.